The van der Waals surface area contributed by atoms with Gasteiger partial charge >= 0.3 is 30.0 Å². The molecule has 37 heteroatoms. The number of carboxylic acid groups (broad SMARTS) is 3. The van der Waals surface area contributed by atoms with Crippen LogP contribution in [0.5, 0.6) is 5.75 Å². The van der Waals surface area contributed by atoms with Gasteiger partial charge < -0.3 is 101 Å². The number of nitrogens with zero attached hydrogens (tertiary/aromatic N) is 5. The minimum Gasteiger partial charge on any atom is -0.496 e. The largest absolute Gasteiger partial charge is 0.496 e. The number of benzene rings is 2. The maximum Gasteiger partial charge on any atom is 0.426 e. The Kier molecular flexibility index (Phi) is 24.5. The highest BCUT2D eigenvalue weighted by molar-refractivity contribution is 8.76. The van der Waals surface area contributed by atoms with Gasteiger partial charge in [-0.15, -0.1) is 5.10 Å². The van der Waals surface area contributed by atoms with Gasteiger partial charge in [-0.25, -0.2) is 24.5 Å². The van der Waals surface area contributed by atoms with Gasteiger partial charge in [-0.1, -0.05) is 71.0 Å². The number of carbonyl (C=O) groups is 9. The zero-order valence-corrected chi connectivity index (χ0v) is 60.6. The third-order valence-corrected chi connectivity index (χ3v) is 23.7. The van der Waals surface area contributed by atoms with Crippen LogP contribution >= 0.6 is 21.6 Å². The van der Waals surface area contributed by atoms with Gasteiger partial charge in [0.2, 0.25) is 17.7 Å². The molecule has 0 radical (unpaired) electrons. The second-order valence-electron chi connectivity index (χ2n) is 27.8. The Morgan fingerprint density at radius 2 is 1.63 bits per heavy atom. The van der Waals surface area contributed by atoms with Crippen molar-refractivity contribution in [2.75, 3.05) is 77.1 Å². The number of esters is 1. The summed E-state index contributed by atoms with van der Waals surface area (Å²) in [6.07, 6.45) is -6.63. The number of hydrogen-bond donors (Lipinski definition) is 16. The molecule has 1 aliphatic carbocycles. The van der Waals surface area contributed by atoms with Gasteiger partial charge in [0.1, 0.15) is 60.3 Å². The summed E-state index contributed by atoms with van der Waals surface area (Å²) in [7, 11) is 6.51. The zero-order valence-electron chi connectivity index (χ0n) is 58.9. The number of H-pyrrole nitrogens is 1. The number of hydrazine groups is 1. The smallest absolute Gasteiger partial charge is 0.426 e. The quantitative estimate of drug-likeness (QED) is 0.00963. The van der Waals surface area contributed by atoms with Crippen LogP contribution in [0.3, 0.4) is 0 Å². The Morgan fingerprint density at radius 3 is 2.31 bits per heavy atom. The molecule has 16 N–H and O–H groups in total. The molecule has 574 valence electrons. The van der Waals surface area contributed by atoms with Crippen LogP contribution in [0.4, 0.5) is 10.5 Å². The maximum atomic E-state index is 15.6. The number of amides is 5. The number of ether oxygens (including phenoxy) is 5. The number of aliphatic carboxylic acids is 3. The second kappa shape index (κ2) is 32.5. The molecule has 35 nitrogen and oxygen atoms in total. The van der Waals surface area contributed by atoms with E-state index in [2.05, 4.69) is 52.3 Å². The van der Waals surface area contributed by atoms with E-state index in [4.69, 9.17) is 23.7 Å². The maximum absolute atomic E-state index is 15.6. The summed E-state index contributed by atoms with van der Waals surface area (Å²) in [4.78, 5) is 127. The molecule has 2 aromatic heterocycles. The summed E-state index contributed by atoms with van der Waals surface area (Å²) < 4.78 is 29.4. The lowest BCUT2D eigenvalue weighted by Gasteiger charge is -2.63. The van der Waals surface area contributed by atoms with Crippen molar-refractivity contribution in [2.45, 2.75) is 175 Å². The molecule has 17 atom stereocenters. The first-order chi connectivity index (χ1) is 49.9. The Balaban J connectivity index is 0.829. The van der Waals surface area contributed by atoms with Crippen LogP contribution in [0.2, 0.25) is 0 Å². The minimum absolute atomic E-state index is 0.00161. The average molecular weight is 1510 g/mol. The van der Waals surface area contributed by atoms with Crippen molar-refractivity contribution in [3.63, 3.8) is 0 Å². The number of para-hydroxylation sites is 1. The van der Waals surface area contributed by atoms with Crippen LogP contribution in [0.15, 0.2) is 54.7 Å². The Labute approximate surface area is 610 Å². The van der Waals surface area contributed by atoms with Crippen molar-refractivity contribution in [1.29, 1.82) is 0 Å². The van der Waals surface area contributed by atoms with Crippen molar-refractivity contribution < 1.29 is 113 Å². The number of fused-ring (bicyclic) bond motifs is 4. The van der Waals surface area contributed by atoms with E-state index in [-0.39, 0.29) is 55.7 Å². The second-order valence-corrected chi connectivity index (χ2v) is 30.4. The van der Waals surface area contributed by atoms with Crippen LogP contribution in [0, 0.1) is 11.3 Å². The number of aliphatic hydroxyl groups is 6. The van der Waals surface area contributed by atoms with Crippen molar-refractivity contribution in [3.05, 3.63) is 82.8 Å². The fraction of sp³-hybridized carbons (Fsp3) is 0.603. The number of anilines is 1. The number of carboxylic acids is 3. The Morgan fingerprint density at radius 1 is 0.895 bits per heavy atom. The molecular formula is C68H92N12O23S2. The van der Waals surface area contributed by atoms with E-state index in [0.29, 0.717) is 80.1 Å². The number of carbonyl (C=O) groups excluding carboxylic acids is 6. The van der Waals surface area contributed by atoms with Gasteiger partial charge in [-0.3, -0.25) is 39.1 Å². The van der Waals surface area contributed by atoms with Crippen LogP contribution < -0.4 is 41.8 Å². The summed E-state index contributed by atoms with van der Waals surface area (Å²) >= 11 is 0. The van der Waals surface area contributed by atoms with Crippen LogP contribution in [-0.4, -0.2) is 275 Å². The SMILES string of the molecule is CC[C@](C)(O)C[C@H]1CNCCc2c([nH]c3ccccc23)[C@@](C(=O)OC)(c2cc3c(cc2OC)N(C)[C@H]2[C@@](O)(C(=O)NNC(=O)OCCSSC[C@H](NC(=O)[C@H](Cc4cn(CCO[C@@H]5OC(C(=O)O)C(O)[C@H](O)C5O)nn4)NC(=O)[C@H](CC(=O)O)NC(C)=O)C(=O)O)[C@H](O)[C@]4(CC)C=CCN5CC[C@]32[C@@H]54)C1. The minimum atomic E-state index is -2.71. The van der Waals surface area contributed by atoms with Crippen molar-refractivity contribution in [1.82, 2.24) is 57.0 Å². The first kappa shape index (κ1) is 79.4. The number of rotatable bonds is 29. The molecule has 5 amide bonds. The predicted molar refractivity (Wildman–Crippen MR) is 374 cm³/mol. The number of nitrogens with one attached hydrogen (secondary N) is 7. The third-order valence-electron chi connectivity index (χ3n) is 21.4. The highest BCUT2D eigenvalue weighted by Crippen LogP contribution is 2.68. The summed E-state index contributed by atoms with van der Waals surface area (Å²) in [5.74, 6) is -9.75. The van der Waals surface area contributed by atoms with Gasteiger partial charge in [0.15, 0.2) is 18.0 Å². The number of aliphatic hydroxyl groups excluding tert-OH is 4. The van der Waals surface area contributed by atoms with E-state index >= 15 is 9.59 Å². The van der Waals surface area contributed by atoms with Gasteiger partial charge in [-0.05, 0) is 94.3 Å². The molecule has 2 aromatic carbocycles. The Hall–Kier alpha value is -8.21. The number of aromatic amines is 1. The van der Waals surface area contributed by atoms with Gasteiger partial charge in [0.05, 0.1) is 51.1 Å². The molecule has 4 aromatic rings. The third kappa shape index (κ3) is 15.4. The first-order valence-electron chi connectivity index (χ1n) is 34.5. The van der Waals surface area contributed by atoms with Crippen molar-refractivity contribution in [2.24, 2.45) is 11.3 Å². The molecule has 2 saturated heterocycles. The summed E-state index contributed by atoms with van der Waals surface area (Å²) in [5, 5.41) is 117. The monoisotopic (exact) mass is 1510 g/mol. The molecule has 3 unspecified atom stereocenters. The molecule has 6 aliphatic rings. The van der Waals surface area contributed by atoms with Crippen LogP contribution in [0.25, 0.3) is 10.9 Å². The summed E-state index contributed by atoms with van der Waals surface area (Å²) in [5.41, 5.74) is 0.662. The van der Waals surface area contributed by atoms with E-state index in [0.717, 1.165) is 49.7 Å². The number of likely N-dealkylation sites (N-methyl/N-ethyl adjacent to an activating group) is 1. The Bertz CT molecular complexity index is 3940. The molecular weight excluding hydrogens is 1420 g/mol. The molecule has 1 spiro atoms. The summed E-state index contributed by atoms with van der Waals surface area (Å²) in [6.45, 7) is 7.73. The predicted octanol–water partition coefficient (Wildman–Crippen LogP) is -1.54. The van der Waals surface area contributed by atoms with Crippen molar-refractivity contribution in [3.8, 4) is 5.75 Å². The van der Waals surface area contributed by atoms with Gasteiger partial charge in [0, 0.05) is 95.4 Å². The lowest BCUT2D eigenvalue weighted by molar-refractivity contribution is -0.294. The van der Waals surface area contributed by atoms with Crippen LogP contribution in [-0.2, 0) is 87.5 Å². The molecule has 10 rings (SSSR count). The topological polar surface area (TPSA) is 507 Å². The molecule has 7 heterocycles. The zero-order chi connectivity index (χ0) is 76.3. The van der Waals surface area contributed by atoms with Crippen molar-refractivity contribution >= 4 is 91.8 Å². The fourth-order valence-electron chi connectivity index (χ4n) is 16.5. The van der Waals surface area contributed by atoms with E-state index in [1.165, 1.54) is 20.4 Å². The van der Waals surface area contributed by atoms with E-state index < -0.39 is 161 Å². The van der Waals surface area contributed by atoms with Crippen LogP contribution in [0.1, 0.15) is 94.3 Å². The first-order valence-corrected chi connectivity index (χ1v) is 37.0. The van der Waals surface area contributed by atoms with E-state index in [1.807, 2.05) is 62.4 Å². The molecule has 0 bridgehead atoms. The molecule has 3 fully saturated rings. The highest BCUT2D eigenvalue weighted by Gasteiger charge is 2.79. The lowest BCUT2D eigenvalue weighted by atomic mass is 9.47. The molecule has 105 heavy (non-hydrogen) atoms. The number of aromatic nitrogens is 4. The fourth-order valence-corrected chi connectivity index (χ4v) is 18.5. The summed E-state index contributed by atoms with van der Waals surface area (Å²) in [6, 6.07) is 4.79. The lowest BCUT2D eigenvalue weighted by Crippen LogP contribution is -2.82. The number of hydrogen-bond acceptors (Lipinski definition) is 27. The van der Waals surface area contributed by atoms with E-state index in [9.17, 15) is 79.5 Å². The van der Waals surface area contributed by atoms with E-state index in [1.54, 1.807) is 18.9 Å². The normalized spacial score (nSPS) is 29.0. The molecule has 1 saturated carbocycles. The average Bonchev–Trinajstić information content (AvgIpc) is 1.49. The molecule has 5 aliphatic heterocycles. The standard InChI is InChI=1S/C68H92N12O23S2/c1-8-64(4,97)29-35-30-67(62(95)100-7,52-38(15-18-69-31-35)37-13-10-11-14-41(37)71-52)40-26-39-45(28-46(40)99-6)78(5)59-66(39)17-20-79-19-12-16-65(9-2,58(66)79)60(93)68(59,98)61(94)75-76-63(96)102-23-24-104-105-33-44(55(89)90)73-53(87)42(72-54(88)43(27-47(82)83)70-34(3)81)25-36-32-80(77-74-36)21-22-101-57-50(86)48(84)49(85)51(103-57)56(91)92/h10-14,16,26,28,32,35,42-44,48-51,57-60,69,71,84-86,93,97-98H,8-9,15,17-25,27,29-31,33H2,1-7H3,(H,70,81)(H,72,88)(H,73,87)(H,75,94)(H,76,96)(H,82,83)(H,89,90)(H,91,92)/t35-,42+,43+,44+,48+,49?,50?,51?,57-,58+,59-,60-,64+,65-,66-,67+,68+/m1/s1. The number of methoxy groups -OCH3 is 2. The van der Waals surface area contributed by atoms with Gasteiger partial charge in [-0.2, -0.15) is 0 Å². The van der Waals surface area contributed by atoms with Gasteiger partial charge in [0.25, 0.3) is 5.91 Å². The highest BCUT2D eigenvalue weighted by atomic mass is 33.1.